The largest absolute Gasteiger partial charge is 0.409 e. The SMILES string of the molecule is Cc1n[nH]cc1CNc1nc2nc(/C(N)=N/O)nc(N[C@H](C)C3CCC3)c2n1C[C@H]1CC[C@H](C)CC1. The summed E-state index contributed by atoms with van der Waals surface area (Å²) in [7, 11) is 0. The van der Waals surface area contributed by atoms with Gasteiger partial charge in [-0.1, -0.05) is 31.3 Å². The summed E-state index contributed by atoms with van der Waals surface area (Å²) in [6.07, 6.45) is 10.5. The molecule has 0 aromatic carbocycles. The molecule has 2 aliphatic carbocycles. The molecule has 1 atom stereocenters. The minimum Gasteiger partial charge on any atom is -0.409 e. The van der Waals surface area contributed by atoms with E-state index >= 15 is 0 Å². The fourth-order valence-electron chi connectivity index (χ4n) is 5.39. The highest BCUT2D eigenvalue weighted by molar-refractivity contribution is 5.97. The number of hydrogen-bond acceptors (Lipinski definition) is 8. The van der Waals surface area contributed by atoms with E-state index in [0.29, 0.717) is 29.8 Å². The zero-order valence-corrected chi connectivity index (χ0v) is 21.5. The van der Waals surface area contributed by atoms with Crippen LogP contribution in [0.3, 0.4) is 0 Å². The van der Waals surface area contributed by atoms with E-state index in [2.05, 4.69) is 49.4 Å². The molecule has 3 heterocycles. The van der Waals surface area contributed by atoms with E-state index in [1.54, 1.807) is 0 Å². The third-order valence-electron chi connectivity index (χ3n) is 8.11. The number of H-pyrrole nitrogens is 1. The average molecular weight is 495 g/mol. The second kappa shape index (κ2) is 10.3. The molecule has 5 rings (SSSR count). The molecule has 3 aromatic heterocycles. The van der Waals surface area contributed by atoms with Gasteiger partial charge in [0.25, 0.3) is 0 Å². The van der Waals surface area contributed by atoms with E-state index in [0.717, 1.165) is 35.2 Å². The van der Waals surface area contributed by atoms with Gasteiger partial charge >= 0.3 is 0 Å². The lowest BCUT2D eigenvalue weighted by molar-refractivity contribution is 0.267. The van der Waals surface area contributed by atoms with Crippen LogP contribution in [-0.4, -0.2) is 46.8 Å². The molecule has 0 saturated heterocycles. The molecule has 36 heavy (non-hydrogen) atoms. The Morgan fingerprint density at radius 2 is 2.00 bits per heavy atom. The van der Waals surface area contributed by atoms with Crippen molar-refractivity contribution >= 4 is 28.8 Å². The number of nitrogens with two attached hydrogens (primary N) is 1. The number of aryl methyl sites for hydroxylation is 1. The number of aromatic amines is 1. The third-order valence-corrected chi connectivity index (χ3v) is 8.11. The minimum atomic E-state index is -0.129. The minimum absolute atomic E-state index is 0.129. The Bertz CT molecular complexity index is 1220. The number of hydrogen-bond donors (Lipinski definition) is 5. The standard InChI is InChI=1S/C25H38N10O/c1-14-7-9-17(10-8-14)13-35-20-22(29-15(2)18-5-4-6-18)30-24(21(26)34-36)31-23(20)32-25(35)27-11-19-12-28-33-16(19)3/h12,14-15,17-18,36H,4-11,13H2,1-3H3,(H2,26,34)(H,28,33)(H2,27,29,30,31,32)/t14-,15-,17-/m1/s1. The zero-order valence-electron chi connectivity index (χ0n) is 21.5. The third kappa shape index (κ3) is 4.96. The molecular weight excluding hydrogens is 456 g/mol. The van der Waals surface area contributed by atoms with Crippen LogP contribution in [0, 0.1) is 24.7 Å². The highest BCUT2D eigenvalue weighted by Crippen LogP contribution is 2.35. The Balaban J connectivity index is 1.56. The van der Waals surface area contributed by atoms with Crippen molar-refractivity contribution in [3.8, 4) is 0 Å². The van der Waals surface area contributed by atoms with Crippen molar-refractivity contribution in [1.82, 2.24) is 29.7 Å². The number of nitrogens with zero attached hydrogens (tertiary/aromatic N) is 6. The van der Waals surface area contributed by atoms with Gasteiger partial charge in [-0.2, -0.15) is 10.1 Å². The van der Waals surface area contributed by atoms with Crippen molar-refractivity contribution in [3.05, 3.63) is 23.3 Å². The molecule has 0 bridgehead atoms. The fraction of sp³-hybridized carbons (Fsp3) is 0.640. The van der Waals surface area contributed by atoms with Crippen molar-refractivity contribution in [2.75, 3.05) is 10.6 Å². The molecule has 0 amide bonds. The highest BCUT2D eigenvalue weighted by atomic mass is 16.4. The summed E-state index contributed by atoms with van der Waals surface area (Å²) in [5.41, 5.74) is 9.35. The van der Waals surface area contributed by atoms with Crippen LogP contribution in [0.5, 0.6) is 0 Å². The summed E-state index contributed by atoms with van der Waals surface area (Å²) in [6, 6.07) is 0.251. The average Bonchev–Trinajstić information content (AvgIpc) is 3.40. The van der Waals surface area contributed by atoms with Crippen molar-refractivity contribution in [1.29, 1.82) is 0 Å². The smallest absolute Gasteiger partial charge is 0.208 e. The van der Waals surface area contributed by atoms with Crippen LogP contribution in [0.15, 0.2) is 11.4 Å². The zero-order chi connectivity index (χ0) is 25.2. The second-order valence-corrected chi connectivity index (χ2v) is 10.7. The maximum absolute atomic E-state index is 9.30. The van der Waals surface area contributed by atoms with E-state index in [4.69, 9.17) is 15.7 Å². The molecule has 0 spiro atoms. The molecule has 3 aromatic rings. The van der Waals surface area contributed by atoms with E-state index in [9.17, 15) is 5.21 Å². The summed E-state index contributed by atoms with van der Waals surface area (Å²) in [5.74, 6) is 3.43. The summed E-state index contributed by atoms with van der Waals surface area (Å²) < 4.78 is 2.23. The Kier molecular flexibility index (Phi) is 6.97. The summed E-state index contributed by atoms with van der Waals surface area (Å²) >= 11 is 0. The number of nitrogens with one attached hydrogen (secondary N) is 3. The summed E-state index contributed by atoms with van der Waals surface area (Å²) in [5, 5.41) is 26.8. The molecule has 2 saturated carbocycles. The molecule has 0 unspecified atom stereocenters. The van der Waals surface area contributed by atoms with Crippen LogP contribution < -0.4 is 16.4 Å². The van der Waals surface area contributed by atoms with Gasteiger partial charge < -0.3 is 26.1 Å². The topological polar surface area (TPSA) is 155 Å². The first-order chi connectivity index (χ1) is 17.4. The molecular formula is C25H38N10O. The van der Waals surface area contributed by atoms with Crippen molar-refractivity contribution in [2.24, 2.45) is 28.6 Å². The van der Waals surface area contributed by atoms with E-state index in [1.807, 2.05) is 13.1 Å². The molecule has 2 fully saturated rings. The van der Waals surface area contributed by atoms with Crippen LogP contribution >= 0.6 is 0 Å². The summed E-state index contributed by atoms with van der Waals surface area (Å²) in [4.78, 5) is 14.2. The first kappa shape index (κ1) is 24.3. The lowest BCUT2D eigenvalue weighted by Gasteiger charge is -2.32. The molecule has 11 heteroatoms. The van der Waals surface area contributed by atoms with Crippen LogP contribution in [0.4, 0.5) is 11.8 Å². The number of rotatable bonds is 9. The predicted molar refractivity (Wildman–Crippen MR) is 140 cm³/mol. The second-order valence-electron chi connectivity index (χ2n) is 10.7. The van der Waals surface area contributed by atoms with Crippen molar-refractivity contribution in [3.63, 3.8) is 0 Å². The number of aromatic nitrogens is 6. The monoisotopic (exact) mass is 494 g/mol. The molecule has 2 aliphatic rings. The van der Waals surface area contributed by atoms with Crippen LogP contribution in [0.2, 0.25) is 0 Å². The van der Waals surface area contributed by atoms with Gasteiger partial charge in [-0.3, -0.25) is 5.10 Å². The van der Waals surface area contributed by atoms with Gasteiger partial charge in [0.15, 0.2) is 11.5 Å². The first-order valence-corrected chi connectivity index (χ1v) is 13.2. The van der Waals surface area contributed by atoms with Gasteiger partial charge in [0.05, 0.1) is 5.69 Å². The number of fused-ring (bicyclic) bond motifs is 1. The van der Waals surface area contributed by atoms with E-state index in [1.165, 1.54) is 44.9 Å². The van der Waals surface area contributed by atoms with Gasteiger partial charge in [-0.15, -0.1) is 0 Å². The molecule has 194 valence electrons. The predicted octanol–water partition coefficient (Wildman–Crippen LogP) is 3.99. The molecule has 11 nitrogen and oxygen atoms in total. The first-order valence-electron chi connectivity index (χ1n) is 13.2. The van der Waals surface area contributed by atoms with E-state index in [-0.39, 0.29) is 17.7 Å². The van der Waals surface area contributed by atoms with Crippen LogP contribution in [0.25, 0.3) is 11.2 Å². The van der Waals surface area contributed by atoms with Crippen LogP contribution in [-0.2, 0) is 13.1 Å². The van der Waals surface area contributed by atoms with Crippen molar-refractivity contribution in [2.45, 2.75) is 84.8 Å². The lowest BCUT2D eigenvalue weighted by Crippen LogP contribution is -2.32. The van der Waals surface area contributed by atoms with Gasteiger partial charge in [-0.05, 0) is 57.3 Å². The fourth-order valence-corrected chi connectivity index (χ4v) is 5.39. The number of amidine groups is 1. The van der Waals surface area contributed by atoms with Gasteiger partial charge in [0, 0.05) is 30.9 Å². The van der Waals surface area contributed by atoms with Crippen LogP contribution in [0.1, 0.15) is 75.9 Å². The van der Waals surface area contributed by atoms with Crippen molar-refractivity contribution < 1.29 is 5.21 Å². The van der Waals surface area contributed by atoms with Gasteiger partial charge in [0.1, 0.15) is 5.52 Å². The Morgan fingerprint density at radius 1 is 1.22 bits per heavy atom. The normalized spacial score (nSPS) is 21.9. The Morgan fingerprint density at radius 3 is 2.64 bits per heavy atom. The lowest BCUT2D eigenvalue weighted by atomic mass is 9.80. The number of oxime groups is 1. The maximum atomic E-state index is 9.30. The highest BCUT2D eigenvalue weighted by Gasteiger charge is 2.28. The Hall–Kier alpha value is -3.37. The number of anilines is 2. The quantitative estimate of drug-likeness (QED) is 0.129. The summed E-state index contributed by atoms with van der Waals surface area (Å²) in [6.45, 7) is 7.96. The molecule has 0 aliphatic heterocycles. The number of imidazole rings is 1. The molecule has 6 N–H and O–H groups in total. The van der Waals surface area contributed by atoms with Gasteiger partial charge in [-0.25, -0.2) is 9.97 Å². The Labute approximate surface area is 211 Å². The van der Waals surface area contributed by atoms with E-state index < -0.39 is 0 Å². The van der Waals surface area contributed by atoms with Gasteiger partial charge in [0.2, 0.25) is 17.6 Å². The maximum Gasteiger partial charge on any atom is 0.208 e. The molecule has 0 radical (unpaired) electrons.